The van der Waals surface area contributed by atoms with Gasteiger partial charge in [-0.15, -0.1) is 0 Å². The number of nitrogens with zero attached hydrogens (tertiary/aromatic N) is 1. The summed E-state index contributed by atoms with van der Waals surface area (Å²) in [4.78, 5) is 13.9. The molecule has 0 N–H and O–H groups in total. The maximum absolute atomic E-state index is 12.1. The summed E-state index contributed by atoms with van der Waals surface area (Å²) in [5.74, 6) is 0. The number of rotatable bonds is 1. The Morgan fingerprint density at radius 1 is 1.14 bits per heavy atom. The molecule has 0 bridgehead atoms. The molecule has 3 rings (SSSR count). The minimum atomic E-state index is -0.451. The van der Waals surface area contributed by atoms with Crippen LogP contribution in [0.25, 0.3) is 11.1 Å². The first-order valence-corrected chi connectivity index (χ1v) is 7.99. The van der Waals surface area contributed by atoms with Gasteiger partial charge >= 0.3 is 6.09 Å². The Bertz CT molecular complexity index is 656. The van der Waals surface area contributed by atoms with Crippen LogP contribution in [-0.2, 0) is 17.8 Å². The van der Waals surface area contributed by atoms with Gasteiger partial charge in [0, 0.05) is 13.1 Å². The second-order valence-electron chi connectivity index (χ2n) is 6.33. The Labute approximate surface area is 129 Å². The molecule has 1 amide bonds. The summed E-state index contributed by atoms with van der Waals surface area (Å²) >= 11 is 1.69. The van der Waals surface area contributed by atoms with Crippen LogP contribution in [0.1, 0.15) is 31.9 Å². The van der Waals surface area contributed by atoms with Gasteiger partial charge in [-0.05, 0) is 65.9 Å². The fraction of sp³-hybridized carbons (Fsp3) is 0.353. The summed E-state index contributed by atoms with van der Waals surface area (Å²) in [6.07, 6.45) is -0.240. The van der Waals surface area contributed by atoms with Gasteiger partial charge in [-0.3, -0.25) is 4.90 Å². The highest BCUT2D eigenvalue weighted by atomic mass is 32.1. The molecule has 0 spiro atoms. The summed E-state index contributed by atoms with van der Waals surface area (Å²) in [5.41, 5.74) is 4.41. The second-order valence-corrected chi connectivity index (χ2v) is 7.11. The Morgan fingerprint density at radius 3 is 2.57 bits per heavy atom. The lowest BCUT2D eigenvalue weighted by Gasteiger charge is -2.24. The molecule has 0 unspecified atom stereocenters. The minimum absolute atomic E-state index is 0.240. The van der Waals surface area contributed by atoms with E-state index in [1.165, 1.54) is 22.3 Å². The zero-order valence-corrected chi connectivity index (χ0v) is 13.4. The van der Waals surface area contributed by atoms with E-state index < -0.39 is 5.60 Å². The Morgan fingerprint density at radius 2 is 1.90 bits per heavy atom. The maximum Gasteiger partial charge on any atom is 0.410 e. The van der Waals surface area contributed by atoms with Crippen LogP contribution in [0.5, 0.6) is 0 Å². The van der Waals surface area contributed by atoms with Gasteiger partial charge in [-0.1, -0.05) is 12.1 Å². The lowest BCUT2D eigenvalue weighted by atomic mass is 10.0. The third kappa shape index (κ3) is 3.10. The number of carbonyl (C=O) groups excluding carboxylic acids is 1. The third-order valence-electron chi connectivity index (χ3n) is 3.43. The number of hydrogen-bond acceptors (Lipinski definition) is 3. The van der Waals surface area contributed by atoms with Crippen LogP contribution in [0.3, 0.4) is 0 Å². The molecule has 0 radical (unpaired) electrons. The molecule has 1 aromatic carbocycles. The number of carbonyl (C=O) groups is 1. The topological polar surface area (TPSA) is 29.5 Å². The van der Waals surface area contributed by atoms with Crippen molar-refractivity contribution < 1.29 is 9.53 Å². The first kappa shape index (κ1) is 14.1. The molecule has 1 aliphatic rings. The van der Waals surface area contributed by atoms with Gasteiger partial charge < -0.3 is 4.74 Å². The summed E-state index contributed by atoms with van der Waals surface area (Å²) in [5, 5.41) is 4.22. The summed E-state index contributed by atoms with van der Waals surface area (Å²) in [6.45, 7) is 6.94. The first-order valence-electron chi connectivity index (χ1n) is 7.05. The molecule has 1 aliphatic heterocycles. The summed E-state index contributed by atoms with van der Waals surface area (Å²) < 4.78 is 5.44. The molecule has 2 heterocycles. The van der Waals surface area contributed by atoms with E-state index in [-0.39, 0.29) is 6.09 Å². The SMILES string of the molecule is CC(C)(C)OC(=O)N1Cc2ccc(-c3ccsc3)cc2C1. The van der Waals surface area contributed by atoms with Crippen LogP contribution in [0.4, 0.5) is 4.79 Å². The molecule has 3 nitrogen and oxygen atoms in total. The average molecular weight is 301 g/mol. The van der Waals surface area contributed by atoms with Crippen LogP contribution in [0, 0.1) is 0 Å². The highest BCUT2D eigenvalue weighted by Crippen LogP contribution is 2.30. The Kier molecular flexibility index (Phi) is 3.49. The quantitative estimate of drug-likeness (QED) is 0.766. The molecule has 0 aliphatic carbocycles. The molecular formula is C17H19NO2S. The van der Waals surface area contributed by atoms with Crippen molar-refractivity contribution in [3.05, 3.63) is 46.2 Å². The van der Waals surface area contributed by atoms with E-state index in [4.69, 9.17) is 4.74 Å². The number of hydrogen-bond donors (Lipinski definition) is 0. The molecule has 0 fully saturated rings. The monoisotopic (exact) mass is 301 g/mol. The van der Waals surface area contributed by atoms with Gasteiger partial charge in [0.25, 0.3) is 0 Å². The predicted molar refractivity (Wildman–Crippen MR) is 85.2 cm³/mol. The number of amides is 1. The average Bonchev–Trinajstić information content (AvgIpc) is 3.05. The molecule has 21 heavy (non-hydrogen) atoms. The van der Waals surface area contributed by atoms with Crippen LogP contribution in [0.15, 0.2) is 35.0 Å². The number of ether oxygens (including phenoxy) is 1. The highest BCUT2D eigenvalue weighted by molar-refractivity contribution is 7.08. The first-order chi connectivity index (χ1) is 9.92. The molecule has 0 saturated heterocycles. The van der Waals surface area contributed by atoms with Gasteiger partial charge in [0.15, 0.2) is 0 Å². The van der Waals surface area contributed by atoms with Crippen molar-refractivity contribution in [2.75, 3.05) is 0 Å². The highest BCUT2D eigenvalue weighted by Gasteiger charge is 2.27. The molecular weight excluding hydrogens is 282 g/mol. The van der Waals surface area contributed by atoms with Crippen LogP contribution >= 0.6 is 11.3 Å². The van der Waals surface area contributed by atoms with E-state index in [1.54, 1.807) is 16.2 Å². The predicted octanol–water partition coefficient (Wildman–Crippen LogP) is 4.67. The lowest BCUT2D eigenvalue weighted by Crippen LogP contribution is -2.33. The van der Waals surface area contributed by atoms with Gasteiger partial charge in [-0.2, -0.15) is 11.3 Å². The van der Waals surface area contributed by atoms with E-state index in [0.29, 0.717) is 13.1 Å². The van der Waals surface area contributed by atoms with E-state index in [1.807, 2.05) is 20.8 Å². The van der Waals surface area contributed by atoms with Gasteiger partial charge in [0.2, 0.25) is 0 Å². The van der Waals surface area contributed by atoms with Crippen molar-refractivity contribution in [3.63, 3.8) is 0 Å². The molecule has 0 saturated carbocycles. The molecule has 4 heteroatoms. The second kappa shape index (κ2) is 5.19. The van der Waals surface area contributed by atoms with E-state index >= 15 is 0 Å². The van der Waals surface area contributed by atoms with E-state index in [2.05, 4.69) is 35.0 Å². The largest absolute Gasteiger partial charge is 0.444 e. The van der Waals surface area contributed by atoms with Crippen molar-refractivity contribution in [2.24, 2.45) is 0 Å². The Balaban J connectivity index is 1.77. The molecule has 0 atom stereocenters. The van der Waals surface area contributed by atoms with E-state index in [0.717, 1.165) is 0 Å². The van der Waals surface area contributed by atoms with E-state index in [9.17, 15) is 4.79 Å². The third-order valence-corrected chi connectivity index (χ3v) is 4.12. The van der Waals surface area contributed by atoms with Crippen LogP contribution < -0.4 is 0 Å². The Hall–Kier alpha value is -1.81. The number of thiophene rings is 1. The smallest absolute Gasteiger partial charge is 0.410 e. The summed E-state index contributed by atoms with van der Waals surface area (Å²) in [6, 6.07) is 8.54. The molecule has 1 aromatic heterocycles. The van der Waals surface area contributed by atoms with Crippen molar-refractivity contribution in [1.82, 2.24) is 4.90 Å². The minimum Gasteiger partial charge on any atom is -0.444 e. The lowest BCUT2D eigenvalue weighted by molar-refractivity contribution is 0.0242. The number of benzene rings is 1. The normalized spacial score (nSPS) is 14.1. The summed E-state index contributed by atoms with van der Waals surface area (Å²) in [7, 11) is 0. The zero-order chi connectivity index (χ0) is 15.0. The van der Waals surface area contributed by atoms with Gasteiger partial charge in [0.1, 0.15) is 5.60 Å². The fourth-order valence-corrected chi connectivity index (χ4v) is 3.12. The van der Waals surface area contributed by atoms with Crippen LogP contribution in [-0.4, -0.2) is 16.6 Å². The fourth-order valence-electron chi connectivity index (χ4n) is 2.46. The molecule has 2 aromatic rings. The zero-order valence-electron chi connectivity index (χ0n) is 12.6. The van der Waals surface area contributed by atoms with Crippen molar-refractivity contribution in [1.29, 1.82) is 0 Å². The van der Waals surface area contributed by atoms with Crippen molar-refractivity contribution in [3.8, 4) is 11.1 Å². The van der Waals surface area contributed by atoms with Crippen molar-refractivity contribution >= 4 is 17.4 Å². The number of fused-ring (bicyclic) bond motifs is 1. The van der Waals surface area contributed by atoms with Crippen LogP contribution in [0.2, 0.25) is 0 Å². The standard InChI is InChI=1S/C17H19NO2S/c1-17(2,3)20-16(19)18-9-13-5-4-12(8-15(13)10-18)14-6-7-21-11-14/h4-8,11H,9-10H2,1-3H3. The van der Waals surface area contributed by atoms with Gasteiger partial charge in [-0.25, -0.2) is 4.79 Å². The molecule has 110 valence electrons. The van der Waals surface area contributed by atoms with Gasteiger partial charge in [0.05, 0.1) is 0 Å². The maximum atomic E-state index is 12.1. The van der Waals surface area contributed by atoms with Crippen molar-refractivity contribution in [2.45, 2.75) is 39.5 Å².